The van der Waals surface area contributed by atoms with Gasteiger partial charge in [-0.1, -0.05) is 71.4 Å². The molecule has 1 heterocycles. The van der Waals surface area contributed by atoms with Crippen molar-refractivity contribution in [1.82, 2.24) is 20.2 Å². The molecule has 36 heavy (non-hydrogen) atoms. The molecule has 0 unspecified atom stereocenters. The Morgan fingerprint density at radius 1 is 1.06 bits per heavy atom. The van der Waals surface area contributed by atoms with Gasteiger partial charge in [-0.05, 0) is 50.2 Å². The van der Waals surface area contributed by atoms with Gasteiger partial charge in [0.15, 0.2) is 11.0 Å². The number of nitrogens with zero attached hydrogens (tertiary/aromatic N) is 4. The molecule has 0 aliphatic heterocycles. The third-order valence-corrected chi connectivity index (χ3v) is 6.55. The quantitative estimate of drug-likeness (QED) is 0.154. The molecule has 1 N–H and O–H groups in total. The van der Waals surface area contributed by atoms with Crippen LogP contribution in [0.15, 0.2) is 83.1 Å². The second kappa shape index (κ2) is 12.1. The highest BCUT2D eigenvalue weighted by Crippen LogP contribution is 2.29. The summed E-state index contributed by atoms with van der Waals surface area (Å²) in [5, 5.41) is 14.5. The van der Waals surface area contributed by atoms with E-state index in [1.165, 1.54) is 11.8 Å². The second-order valence-electron chi connectivity index (χ2n) is 7.58. The van der Waals surface area contributed by atoms with Crippen molar-refractivity contribution < 1.29 is 9.53 Å². The number of thioether (sulfide) groups is 1. The average molecular weight is 540 g/mol. The highest BCUT2D eigenvalue weighted by molar-refractivity contribution is 7.99. The Hall–Kier alpha value is -3.33. The molecule has 7 nitrogen and oxygen atoms in total. The SMILES string of the molecule is CCOc1ccc(-n2c(SCC(=O)N/N=C(/C)c3ccc(Cl)cc3Cl)nnc2-c2ccccc2)cc1. The molecule has 0 bridgehead atoms. The van der Waals surface area contributed by atoms with Crippen LogP contribution in [0.4, 0.5) is 0 Å². The lowest BCUT2D eigenvalue weighted by molar-refractivity contribution is -0.118. The van der Waals surface area contributed by atoms with Crippen LogP contribution in [-0.4, -0.2) is 38.7 Å². The number of hydrazone groups is 1. The van der Waals surface area contributed by atoms with Gasteiger partial charge in [0.1, 0.15) is 5.75 Å². The topological polar surface area (TPSA) is 81.4 Å². The minimum absolute atomic E-state index is 0.0923. The Morgan fingerprint density at radius 3 is 2.50 bits per heavy atom. The van der Waals surface area contributed by atoms with Crippen LogP contribution < -0.4 is 10.2 Å². The Labute approximate surface area is 223 Å². The number of rotatable bonds is 9. The molecule has 184 valence electrons. The number of benzene rings is 3. The van der Waals surface area contributed by atoms with Crippen LogP contribution in [0.2, 0.25) is 10.0 Å². The van der Waals surface area contributed by atoms with E-state index in [4.69, 9.17) is 27.9 Å². The zero-order chi connectivity index (χ0) is 25.5. The fourth-order valence-corrected chi connectivity index (χ4v) is 4.67. The Morgan fingerprint density at radius 2 is 1.81 bits per heavy atom. The number of ether oxygens (including phenoxy) is 1. The third-order valence-electron chi connectivity index (χ3n) is 5.07. The van der Waals surface area contributed by atoms with Crippen LogP contribution in [0.1, 0.15) is 19.4 Å². The highest BCUT2D eigenvalue weighted by atomic mass is 35.5. The van der Waals surface area contributed by atoms with Gasteiger partial charge in [-0.25, -0.2) is 5.43 Å². The minimum atomic E-state index is -0.285. The monoisotopic (exact) mass is 539 g/mol. The molecule has 4 aromatic rings. The predicted octanol–water partition coefficient (Wildman–Crippen LogP) is 6.27. The van der Waals surface area contributed by atoms with E-state index in [2.05, 4.69) is 20.7 Å². The first-order chi connectivity index (χ1) is 17.5. The van der Waals surface area contributed by atoms with Gasteiger partial charge in [-0.2, -0.15) is 5.10 Å². The van der Waals surface area contributed by atoms with Crippen LogP contribution in [0.3, 0.4) is 0 Å². The van der Waals surface area contributed by atoms with Crippen molar-refractivity contribution in [2.75, 3.05) is 12.4 Å². The van der Waals surface area contributed by atoms with E-state index in [0.29, 0.717) is 38.9 Å². The number of hydrogen-bond acceptors (Lipinski definition) is 6. The van der Waals surface area contributed by atoms with Crippen LogP contribution >= 0.6 is 35.0 Å². The Balaban J connectivity index is 1.52. The molecule has 1 aromatic heterocycles. The van der Waals surface area contributed by atoms with Crippen molar-refractivity contribution in [2.45, 2.75) is 19.0 Å². The number of amides is 1. The van der Waals surface area contributed by atoms with Gasteiger partial charge in [0, 0.05) is 21.8 Å². The summed E-state index contributed by atoms with van der Waals surface area (Å²) in [7, 11) is 0. The number of halogens is 2. The maximum absolute atomic E-state index is 12.6. The summed E-state index contributed by atoms with van der Waals surface area (Å²) in [6.45, 7) is 4.29. The zero-order valence-electron chi connectivity index (χ0n) is 19.6. The molecule has 0 spiro atoms. The molecule has 0 saturated carbocycles. The maximum atomic E-state index is 12.6. The molecule has 0 radical (unpaired) electrons. The predicted molar refractivity (Wildman–Crippen MR) is 146 cm³/mol. The van der Waals surface area contributed by atoms with E-state index in [1.807, 2.05) is 66.1 Å². The number of carbonyl (C=O) groups is 1. The number of carbonyl (C=O) groups excluding carboxylic acids is 1. The lowest BCUT2D eigenvalue weighted by Crippen LogP contribution is -2.21. The van der Waals surface area contributed by atoms with Crippen LogP contribution in [0, 0.1) is 0 Å². The van der Waals surface area contributed by atoms with E-state index >= 15 is 0 Å². The van der Waals surface area contributed by atoms with Crippen molar-refractivity contribution in [3.63, 3.8) is 0 Å². The molecular weight excluding hydrogens is 517 g/mol. The first-order valence-electron chi connectivity index (χ1n) is 11.1. The molecular formula is C26H23Cl2N5O2S. The van der Waals surface area contributed by atoms with Gasteiger partial charge < -0.3 is 4.74 Å². The van der Waals surface area contributed by atoms with Gasteiger partial charge in [-0.15, -0.1) is 10.2 Å². The molecule has 0 aliphatic rings. The molecule has 3 aromatic carbocycles. The largest absolute Gasteiger partial charge is 0.494 e. The minimum Gasteiger partial charge on any atom is -0.494 e. The van der Waals surface area contributed by atoms with Crippen molar-refractivity contribution in [2.24, 2.45) is 5.10 Å². The van der Waals surface area contributed by atoms with E-state index < -0.39 is 0 Å². The van der Waals surface area contributed by atoms with Crippen LogP contribution in [0.25, 0.3) is 17.1 Å². The Kier molecular flexibility index (Phi) is 8.64. The summed E-state index contributed by atoms with van der Waals surface area (Å²) < 4.78 is 7.49. The molecule has 0 aliphatic carbocycles. The second-order valence-corrected chi connectivity index (χ2v) is 9.37. The number of nitrogens with one attached hydrogen (secondary N) is 1. The zero-order valence-corrected chi connectivity index (χ0v) is 21.9. The van der Waals surface area contributed by atoms with Gasteiger partial charge in [-0.3, -0.25) is 9.36 Å². The Bertz CT molecular complexity index is 1380. The van der Waals surface area contributed by atoms with Gasteiger partial charge >= 0.3 is 0 Å². The average Bonchev–Trinajstić information content (AvgIpc) is 3.31. The maximum Gasteiger partial charge on any atom is 0.250 e. The van der Waals surface area contributed by atoms with Gasteiger partial charge in [0.05, 0.1) is 23.1 Å². The number of aromatic nitrogens is 3. The van der Waals surface area contributed by atoms with Crippen molar-refractivity contribution >= 4 is 46.6 Å². The molecule has 0 atom stereocenters. The van der Waals surface area contributed by atoms with Crippen molar-refractivity contribution in [3.8, 4) is 22.8 Å². The van der Waals surface area contributed by atoms with Crippen molar-refractivity contribution in [3.05, 3.63) is 88.4 Å². The normalized spacial score (nSPS) is 11.4. The number of hydrogen-bond donors (Lipinski definition) is 1. The fourth-order valence-electron chi connectivity index (χ4n) is 3.38. The molecule has 0 saturated heterocycles. The first-order valence-corrected chi connectivity index (χ1v) is 12.9. The molecule has 0 fully saturated rings. The summed E-state index contributed by atoms with van der Waals surface area (Å²) in [5.41, 5.74) is 5.60. The van der Waals surface area contributed by atoms with Gasteiger partial charge in [0.25, 0.3) is 5.91 Å². The molecule has 10 heteroatoms. The van der Waals surface area contributed by atoms with E-state index in [9.17, 15) is 4.79 Å². The molecule has 4 rings (SSSR count). The summed E-state index contributed by atoms with van der Waals surface area (Å²) in [4.78, 5) is 12.6. The van der Waals surface area contributed by atoms with E-state index in [-0.39, 0.29) is 11.7 Å². The summed E-state index contributed by atoms with van der Waals surface area (Å²) in [5.74, 6) is 1.26. The summed E-state index contributed by atoms with van der Waals surface area (Å²) in [6, 6.07) is 22.6. The van der Waals surface area contributed by atoms with E-state index in [0.717, 1.165) is 17.0 Å². The van der Waals surface area contributed by atoms with Gasteiger partial charge in [0.2, 0.25) is 0 Å². The molecule has 1 amide bonds. The standard InChI is InChI=1S/C26H23Cl2N5O2S/c1-3-35-21-12-10-20(11-13-21)33-25(18-7-5-4-6-8-18)31-32-26(33)36-16-24(34)30-29-17(2)22-14-9-19(27)15-23(22)28/h4-15H,3,16H2,1-2H3,(H,30,34)/b29-17-. The summed E-state index contributed by atoms with van der Waals surface area (Å²) >= 11 is 13.4. The summed E-state index contributed by atoms with van der Waals surface area (Å²) in [6.07, 6.45) is 0. The lowest BCUT2D eigenvalue weighted by Gasteiger charge is -2.11. The van der Waals surface area contributed by atoms with E-state index in [1.54, 1.807) is 25.1 Å². The highest BCUT2D eigenvalue weighted by Gasteiger charge is 2.17. The van der Waals surface area contributed by atoms with Crippen molar-refractivity contribution in [1.29, 1.82) is 0 Å². The fraction of sp³-hybridized carbons (Fsp3) is 0.154. The van der Waals surface area contributed by atoms with Crippen LogP contribution in [0.5, 0.6) is 5.75 Å². The third kappa shape index (κ3) is 6.26. The first kappa shape index (κ1) is 25.8. The lowest BCUT2D eigenvalue weighted by atomic mass is 10.1. The van der Waals surface area contributed by atoms with Crippen LogP contribution in [-0.2, 0) is 4.79 Å². The smallest absolute Gasteiger partial charge is 0.250 e.